The summed E-state index contributed by atoms with van der Waals surface area (Å²) in [6, 6.07) is 5.77. The number of benzene rings is 1. The Bertz CT molecular complexity index is 474. The van der Waals surface area contributed by atoms with Crippen molar-refractivity contribution in [3.63, 3.8) is 0 Å². The molecule has 0 amide bonds. The first kappa shape index (κ1) is 17.4. The molecule has 0 radical (unpaired) electrons. The summed E-state index contributed by atoms with van der Waals surface area (Å²) >= 11 is 0. The van der Waals surface area contributed by atoms with E-state index in [-0.39, 0.29) is 5.41 Å². The highest BCUT2D eigenvalue weighted by Crippen LogP contribution is 2.44. The fourth-order valence-electron chi connectivity index (χ4n) is 3.83. The molecule has 1 aromatic rings. The highest BCUT2D eigenvalue weighted by Gasteiger charge is 2.36. The number of hydrogen-bond donors (Lipinski definition) is 0. The molecule has 2 rings (SSSR count). The van der Waals surface area contributed by atoms with Gasteiger partial charge in [0.2, 0.25) is 0 Å². The number of halogens is 3. The Morgan fingerprint density at radius 3 is 1.73 bits per heavy atom. The molecular weight excluding hydrogens is 285 g/mol. The molecule has 0 spiro atoms. The Hall–Kier alpha value is -0.990. The molecular formula is C19H27F3. The van der Waals surface area contributed by atoms with Crippen LogP contribution in [0.5, 0.6) is 0 Å². The van der Waals surface area contributed by atoms with Crippen LogP contribution in [0.1, 0.15) is 64.5 Å². The largest absolute Gasteiger partial charge is 0.416 e. The Balaban J connectivity index is 2.10. The van der Waals surface area contributed by atoms with Crippen LogP contribution in [0.4, 0.5) is 13.2 Å². The van der Waals surface area contributed by atoms with Crippen molar-refractivity contribution in [2.24, 2.45) is 17.8 Å². The Morgan fingerprint density at radius 1 is 0.864 bits per heavy atom. The van der Waals surface area contributed by atoms with Gasteiger partial charge in [0.15, 0.2) is 0 Å². The molecule has 22 heavy (non-hydrogen) atoms. The smallest absolute Gasteiger partial charge is 0.166 e. The molecule has 1 saturated carbocycles. The molecule has 124 valence electrons. The number of alkyl halides is 3. The van der Waals surface area contributed by atoms with Crippen molar-refractivity contribution >= 4 is 0 Å². The lowest BCUT2D eigenvalue weighted by atomic mass is 9.64. The maximum atomic E-state index is 12.7. The molecule has 0 bridgehead atoms. The third-order valence-corrected chi connectivity index (χ3v) is 5.69. The lowest BCUT2D eigenvalue weighted by Crippen LogP contribution is -2.33. The minimum Gasteiger partial charge on any atom is -0.166 e. The van der Waals surface area contributed by atoms with Crippen molar-refractivity contribution in [2.75, 3.05) is 0 Å². The molecule has 1 fully saturated rings. The molecule has 1 aliphatic rings. The minimum absolute atomic E-state index is 0.0634. The van der Waals surface area contributed by atoms with Gasteiger partial charge in [-0.05, 0) is 66.5 Å². The normalized spacial score (nSPS) is 23.8. The van der Waals surface area contributed by atoms with Gasteiger partial charge in [0.25, 0.3) is 0 Å². The van der Waals surface area contributed by atoms with Crippen molar-refractivity contribution in [1.29, 1.82) is 0 Å². The predicted octanol–water partition coefficient (Wildman–Crippen LogP) is 6.45. The maximum Gasteiger partial charge on any atom is 0.416 e. The van der Waals surface area contributed by atoms with Gasteiger partial charge < -0.3 is 0 Å². The molecule has 0 atom stereocenters. The summed E-state index contributed by atoms with van der Waals surface area (Å²) in [6.45, 7) is 8.92. The zero-order valence-electron chi connectivity index (χ0n) is 14.0. The predicted molar refractivity (Wildman–Crippen MR) is 84.8 cm³/mol. The van der Waals surface area contributed by atoms with Crippen molar-refractivity contribution < 1.29 is 13.2 Å². The molecule has 0 N–H and O–H groups in total. The number of rotatable bonds is 3. The second-order valence-corrected chi connectivity index (χ2v) is 7.65. The molecule has 0 aromatic heterocycles. The van der Waals surface area contributed by atoms with Crippen LogP contribution in [0.25, 0.3) is 0 Å². The summed E-state index contributed by atoms with van der Waals surface area (Å²) in [5, 5.41) is 0. The molecule has 0 saturated heterocycles. The summed E-state index contributed by atoms with van der Waals surface area (Å²) in [5.41, 5.74) is 0.399. The van der Waals surface area contributed by atoms with E-state index in [9.17, 15) is 13.2 Å². The fourth-order valence-corrected chi connectivity index (χ4v) is 3.83. The van der Waals surface area contributed by atoms with Crippen LogP contribution in [0, 0.1) is 17.8 Å². The van der Waals surface area contributed by atoms with Gasteiger partial charge in [-0.2, -0.15) is 13.2 Å². The molecule has 1 aromatic carbocycles. The van der Waals surface area contributed by atoms with Crippen LogP contribution in [0.3, 0.4) is 0 Å². The van der Waals surface area contributed by atoms with Crippen molar-refractivity contribution in [1.82, 2.24) is 0 Å². The van der Waals surface area contributed by atoms with Gasteiger partial charge in [0, 0.05) is 0 Å². The average Bonchev–Trinajstić information content (AvgIpc) is 2.46. The summed E-state index contributed by atoms with van der Waals surface area (Å²) < 4.78 is 38.1. The lowest BCUT2D eigenvalue weighted by molar-refractivity contribution is -0.137. The van der Waals surface area contributed by atoms with E-state index < -0.39 is 11.7 Å². The van der Waals surface area contributed by atoms with E-state index in [1.807, 2.05) is 0 Å². The zero-order valence-corrected chi connectivity index (χ0v) is 14.0. The Kier molecular flexibility index (Phi) is 4.93. The van der Waals surface area contributed by atoms with E-state index in [4.69, 9.17) is 0 Å². The topological polar surface area (TPSA) is 0 Å². The van der Waals surface area contributed by atoms with Gasteiger partial charge in [-0.1, -0.05) is 39.8 Å². The van der Waals surface area contributed by atoms with E-state index in [1.54, 1.807) is 12.1 Å². The summed E-state index contributed by atoms with van der Waals surface area (Å²) in [5.74, 6) is 2.09. The standard InChI is InChI=1S/C19H27F3/c1-13(2)14-5-7-15(8-6-14)18(3,4)16-9-11-17(12-10-16)19(20,21)22/h9-15H,5-8H2,1-4H3. The molecule has 0 unspecified atom stereocenters. The third-order valence-electron chi connectivity index (χ3n) is 5.69. The van der Waals surface area contributed by atoms with Crippen LogP contribution in [-0.2, 0) is 11.6 Å². The second-order valence-electron chi connectivity index (χ2n) is 7.65. The first-order valence-corrected chi connectivity index (χ1v) is 8.30. The molecule has 0 aliphatic heterocycles. The molecule has 1 aliphatic carbocycles. The van der Waals surface area contributed by atoms with Gasteiger partial charge in [0.05, 0.1) is 5.56 Å². The summed E-state index contributed by atoms with van der Waals surface area (Å²) in [6.07, 6.45) is 0.588. The fraction of sp³-hybridized carbons (Fsp3) is 0.684. The average molecular weight is 312 g/mol. The Labute approximate surface area is 132 Å². The van der Waals surface area contributed by atoms with Gasteiger partial charge in [0.1, 0.15) is 0 Å². The zero-order chi connectivity index (χ0) is 16.5. The first-order valence-electron chi connectivity index (χ1n) is 8.30. The highest BCUT2D eigenvalue weighted by atomic mass is 19.4. The highest BCUT2D eigenvalue weighted by molar-refractivity contribution is 5.30. The minimum atomic E-state index is -4.25. The van der Waals surface area contributed by atoms with Crippen LogP contribution >= 0.6 is 0 Å². The van der Waals surface area contributed by atoms with Gasteiger partial charge in [-0.25, -0.2) is 0 Å². The summed E-state index contributed by atoms with van der Waals surface area (Å²) in [7, 11) is 0. The second kappa shape index (κ2) is 6.25. The van der Waals surface area contributed by atoms with Crippen LogP contribution in [-0.4, -0.2) is 0 Å². The van der Waals surface area contributed by atoms with Gasteiger partial charge in [-0.15, -0.1) is 0 Å². The van der Waals surface area contributed by atoms with E-state index in [2.05, 4.69) is 27.7 Å². The summed E-state index contributed by atoms with van der Waals surface area (Å²) in [4.78, 5) is 0. The van der Waals surface area contributed by atoms with Gasteiger partial charge >= 0.3 is 6.18 Å². The molecule has 0 heterocycles. The third kappa shape index (κ3) is 3.67. The Morgan fingerprint density at radius 2 is 1.32 bits per heavy atom. The lowest BCUT2D eigenvalue weighted by Gasteiger charge is -2.40. The SMILES string of the molecule is CC(C)C1CCC(C(C)(C)c2ccc(C(F)(F)F)cc2)CC1. The van der Waals surface area contributed by atoms with E-state index in [0.717, 1.165) is 17.4 Å². The first-order chi connectivity index (χ1) is 10.1. The van der Waals surface area contributed by atoms with Crippen molar-refractivity contribution in [2.45, 2.75) is 65.0 Å². The van der Waals surface area contributed by atoms with Crippen molar-refractivity contribution in [3.8, 4) is 0 Å². The molecule has 0 nitrogen and oxygen atoms in total. The van der Waals surface area contributed by atoms with E-state index >= 15 is 0 Å². The monoisotopic (exact) mass is 312 g/mol. The maximum absolute atomic E-state index is 12.7. The van der Waals surface area contributed by atoms with Gasteiger partial charge in [-0.3, -0.25) is 0 Å². The molecule has 3 heteroatoms. The van der Waals surface area contributed by atoms with Crippen molar-refractivity contribution in [3.05, 3.63) is 35.4 Å². The number of hydrogen-bond acceptors (Lipinski definition) is 0. The quantitative estimate of drug-likeness (QED) is 0.602. The van der Waals surface area contributed by atoms with Crippen LogP contribution in [0.2, 0.25) is 0 Å². The van der Waals surface area contributed by atoms with E-state index in [0.29, 0.717) is 5.92 Å². The van der Waals surface area contributed by atoms with Crippen LogP contribution < -0.4 is 0 Å². The van der Waals surface area contributed by atoms with Crippen LogP contribution in [0.15, 0.2) is 24.3 Å². The van der Waals surface area contributed by atoms with E-state index in [1.165, 1.54) is 37.8 Å².